The molecule has 3 aromatic heterocycles. The quantitative estimate of drug-likeness (QED) is 0.620. The predicted molar refractivity (Wildman–Crippen MR) is 88.5 cm³/mol. The maximum absolute atomic E-state index is 12.8. The minimum absolute atomic E-state index is 0.123. The molecular formula is C14H15N7O3S. The summed E-state index contributed by atoms with van der Waals surface area (Å²) in [5, 5.41) is 24.5. The number of rotatable bonds is 4. The maximum Gasteiger partial charge on any atom is 0.262 e. The zero-order chi connectivity index (χ0) is 17.6. The Morgan fingerprint density at radius 2 is 2.28 bits per heavy atom. The average molecular weight is 361 g/mol. The van der Waals surface area contributed by atoms with Crippen molar-refractivity contribution in [1.29, 1.82) is 0 Å². The van der Waals surface area contributed by atoms with Crippen LogP contribution in [0.4, 0.5) is 0 Å². The molecule has 0 fully saturated rings. The third kappa shape index (κ3) is 2.81. The molecule has 25 heavy (non-hydrogen) atoms. The number of amides is 1. The number of carbonyl (C=O) groups excluding carboxylic acids is 1. The van der Waals surface area contributed by atoms with Gasteiger partial charge in [0.05, 0.1) is 35.8 Å². The van der Waals surface area contributed by atoms with Crippen molar-refractivity contribution in [3.05, 3.63) is 32.9 Å². The molecule has 130 valence electrons. The number of nitrogens with zero attached hydrogens (tertiary/aromatic N) is 6. The molecule has 1 atom stereocenters. The highest BCUT2D eigenvalue weighted by Crippen LogP contribution is 2.29. The molecule has 2 N–H and O–H groups in total. The number of aliphatic hydroxyl groups is 1. The van der Waals surface area contributed by atoms with Crippen molar-refractivity contribution in [3.8, 4) is 0 Å². The monoisotopic (exact) mass is 361 g/mol. The number of tetrazole rings is 1. The molecule has 1 aliphatic rings. The number of hydrogen-bond acceptors (Lipinski definition) is 8. The molecular weight excluding hydrogens is 346 g/mol. The Hall–Kier alpha value is -2.66. The average Bonchev–Trinajstić information content (AvgIpc) is 3.15. The molecule has 11 heteroatoms. The van der Waals surface area contributed by atoms with Crippen LogP contribution in [0.25, 0.3) is 10.2 Å². The van der Waals surface area contributed by atoms with Crippen LogP contribution < -0.4 is 10.9 Å². The van der Waals surface area contributed by atoms with Gasteiger partial charge in [0, 0.05) is 6.54 Å². The summed E-state index contributed by atoms with van der Waals surface area (Å²) in [6, 6.07) is 0. The van der Waals surface area contributed by atoms with Crippen LogP contribution in [0, 0.1) is 0 Å². The Bertz CT molecular complexity index is 1020. The number of hydrogen-bond donors (Lipinski definition) is 2. The Labute approximate surface area is 145 Å². The van der Waals surface area contributed by atoms with E-state index >= 15 is 0 Å². The van der Waals surface area contributed by atoms with Gasteiger partial charge in [0.15, 0.2) is 5.82 Å². The van der Waals surface area contributed by atoms with Crippen molar-refractivity contribution < 1.29 is 9.90 Å². The second kappa shape index (κ2) is 6.01. The van der Waals surface area contributed by atoms with Gasteiger partial charge in [0.1, 0.15) is 4.83 Å². The maximum atomic E-state index is 12.8. The fourth-order valence-electron chi connectivity index (χ4n) is 2.80. The first-order chi connectivity index (χ1) is 12.0. The molecule has 1 aliphatic heterocycles. The van der Waals surface area contributed by atoms with Crippen molar-refractivity contribution in [2.24, 2.45) is 0 Å². The van der Waals surface area contributed by atoms with Gasteiger partial charge in [-0.05, 0) is 24.1 Å². The molecule has 0 bridgehead atoms. The van der Waals surface area contributed by atoms with Gasteiger partial charge < -0.3 is 10.4 Å². The molecule has 1 amide bonds. The highest BCUT2D eigenvalue weighted by Gasteiger charge is 2.25. The SMILES string of the molecule is C[C@@H](O)Cn1nnc(Cn2cnc3sc4c(c3c2=O)CCNC4=O)n1. The molecule has 0 unspecified atom stereocenters. The smallest absolute Gasteiger partial charge is 0.262 e. The summed E-state index contributed by atoms with van der Waals surface area (Å²) in [6.45, 7) is 2.49. The number of thiophene rings is 1. The van der Waals surface area contributed by atoms with Gasteiger partial charge in [-0.1, -0.05) is 0 Å². The van der Waals surface area contributed by atoms with Gasteiger partial charge in [0.25, 0.3) is 11.5 Å². The Balaban J connectivity index is 1.71. The van der Waals surface area contributed by atoms with Crippen LogP contribution in [-0.4, -0.2) is 53.4 Å². The van der Waals surface area contributed by atoms with Crippen molar-refractivity contribution in [1.82, 2.24) is 35.1 Å². The molecule has 4 heterocycles. The van der Waals surface area contributed by atoms with Crippen molar-refractivity contribution in [3.63, 3.8) is 0 Å². The summed E-state index contributed by atoms with van der Waals surface area (Å²) in [4.78, 5) is 31.5. The van der Waals surface area contributed by atoms with E-state index < -0.39 is 6.10 Å². The van der Waals surface area contributed by atoms with E-state index in [1.807, 2.05) is 0 Å². The zero-order valence-corrected chi connectivity index (χ0v) is 14.2. The molecule has 10 nitrogen and oxygen atoms in total. The second-order valence-electron chi connectivity index (χ2n) is 5.88. The van der Waals surface area contributed by atoms with Crippen LogP contribution in [0.5, 0.6) is 0 Å². The first-order valence-electron chi connectivity index (χ1n) is 7.76. The Morgan fingerprint density at radius 1 is 1.44 bits per heavy atom. The number of aromatic nitrogens is 6. The molecule has 0 spiro atoms. The summed E-state index contributed by atoms with van der Waals surface area (Å²) in [5.74, 6) is 0.198. The number of nitrogens with one attached hydrogen (secondary N) is 1. The third-order valence-corrected chi connectivity index (χ3v) is 5.02. The minimum atomic E-state index is -0.591. The number of aliphatic hydroxyl groups excluding tert-OH is 1. The summed E-state index contributed by atoms with van der Waals surface area (Å²) < 4.78 is 1.41. The summed E-state index contributed by atoms with van der Waals surface area (Å²) in [7, 11) is 0. The lowest BCUT2D eigenvalue weighted by atomic mass is 10.1. The first kappa shape index (κ1) is 15.8. The molecule has 4 rings (SSSR count). The second-order valence-corrected chi connectivity index (χ2v) is 6.88. The third-order valence-electron chi connectivity index (χ3n) is 3.88. The number of carbonyl (C=O) groups is 1. The van der Waals surface area contributed by atoms with E-state index in [1.54, 1.807) is 6.92 Å². The molecule has 0 radical (unpaired) electrons. The standard InChI is InChI=1S/C14H15N7O3S/c1-7(22)4-21-18-9(17-19-21)5-20-6-16-13-10(14(20)24)8-2-3-15-12(23)11(8)25-13/h6-7,22H,2-5H2,1H3,(H,15,23)/t7-/m1/s1. The molecule has 3 aromatic rings. The molecule has 0 saturated carbocycles. The fraction of sp³-hybridized carbons (Fsp3) is 0.429. The van der Waals surface area contributed by atoms with Crippen molar-refractivity contribution in [2.45, 2.75) is 32.5 Å². The van der Waals surface area contributed by atoms with Gasteiger partial charge >= 0.3 is 0 Å². The lowest BCUT2D eigenvalue weighted by Gasteiger charge is -2.11. The summed E-state index contributed by atoms with van der Waals surface area (Å²) >= 11 is 1.24. The van der Waals surface area contributed by atoms with Gasteiger partial charge in [-0.25, -0.2) is 4.98 Å². The van der Waals surface area contributed by atoms with Crippen molar-refractivity contribution in [2.75, 3.05) is 6.54 Å². The first-order valence-corrected chi connectivity index (χ1v) is 8.58. The highest BCUT2D eigenvalue weighted by atomic mass is 32.1. The molecule has 0 aliphatic carbocycles. The summed E-state index contributed by atoms with van der Waals surface area (Å²) in [6.07, 6.45) is 1.45. The Kier molecular flexibility index (Phi) is 3.81. The minimum Gasteiger partial charge on any atom is -0.391 e. The van der Waals surface area contributed by atoms with Crippen LogP contribution >= 0.6 is 11.3 Å². The van der Waals surface area contributed by atoms with Gasteiger partial charge in [-0.3, -0.25) is 14.2 Å². The molecule has 0 saturated heterocycles. The number of fused-ring (bicyclic) bond motifs is 3. The lowest BCUT2D eigenvalue weighted by molar-refractivity contribution is 0.0950. The van der Waals surface area contributed by atoms with Gasteiger partial charge in [0.2, 0.25) is 0 Å². The fourth-order valence-corrected chi connectivity index (χ4v) is 3.90. The lowest BCUT2D eigenvalue weighted by Crippen LogP contribution is -2.31. The normalized spacial score (nSPS) is 15.2. The van der Waals surface area contributed by atoms with E-state index in [-0.39, 0.29) is 24.6 Å². The predicted octanol–water partition coefficient (Wildman–Crippen LogP) is -0.841. The zero-order valence-electron chi connectivity index (χ0n) is 13.3. The van der Waals surface area contributed by atoms with E-state index in [0.29, 0.717) is 33.9 Å². The van der Waals surface area contributed by atoms with E-state index in [2.05, 4.69) is 25.7 Å². The van der Waals surface area contributed by atoms with Crippen LogP contribution in [0.1, 0.15) is 28.0 Å². The van der Waals surface area contributed by atoms with Crippen LogP contribution in [0.2, 0.25) is 0 Å². The van der Waals surface area contributed by atoms with Crippen molar-refractivity contribution >= 4 is 27.5 Å². The van der Waals surface area contributed by atoms with E-state index in [1.165, 1.54) is 27.0 Å². The van der Waals surface area contributed by atoms with E-state index in [4.69, 9.17) is 0 Å². The Morgan fingerprint density at radius 3 is 3.08 bits per heavy atom. The largest absolute Gasteiger partial charge is 0.391 e. The van der Waals surface area contributed by atoms with Crippen LogP contribution in [0.15, 0.2) is 11.1 Å². The van der Waals surface area contributed by atoms with Gasteiger partial charge in [-0.2, -0.15) is 4.80 Å². The van der Waals surface area contributed by atoms with Crippen LogP contribution in [0.3, 0.4) is 0 Å². The summed E-state index contributed by atoms with van der Waals surface area (Å²) in [5.41, 5.74) is 0.547. The van der Waals surface area contributed by atoms with E-state index in [0.717, 1.165) is 5.56 Å². The topological polar surface area (TPSA) is 128 Å². The van der Waals surface area contributed by atoms with Crippen LogP contribution in [-0.2, 0) is 19.5 Å². The highest BCUT2D eigenvalue weighted by molar-refractivity contribution is 7.20. The van der Waals surface area contributed by atoms with Gasteiger partial charge in [-0.15, -0.1) is 21.5 Å². The van der Waals surface area contributed by atoms with E-state index in [9.17, 15) is 14.7 Å². The molecule has 0 aromatic carbocycles.